The summed E-state index contributed by atoms with van der Waals surface area (Å²) in [5.41, 5.74) is 1.84. The molecule has 0 unspecified atom stereocenters. The fraction of sp³-hybridized carbons (Fsp3) is 0.300. The fourth-order valence-electron chi connectivity index (χ4n) is 1.03. The molecule has 14 heavy (non-hydrogen) atoms. The summed E-state index contributed by atoms with van der Waals surface area (Å²) in [5.74, 6) is 0. The summed E-state index contributed by atoms with van der Waals surface area (Å²) in [4.78, 5) is 5.69. The van der Waals surface area contributed by atoms with Crippen molar-refractivity contribution in [3.8, 4) is 5.69 Å². The Labute approximate surface area is 83.6 Å². The first-order valence-corrected chi connectivity index (χ1v) is 4.66. The molecule has 0 spiro atoms. The van der Waals surface area contributed by atoms with E-state index in [9.17, 15) is 0 Å². The normalized spacial score (nSPS) is 9.07. The molecule has 4 nitrogen and oxygen atoms in total. The van der Waals surface area contributed by atoms with Crippen molar-refractivity contribution >= 4 is 0 Å². The van der Waals surface area contributed by atoms with Gasteiger partial charge in [0.25, 0.3) is 0 Å². The Morgan fingerprint density at radius 1 is 1.07 bits per heavy atom. The summed E-state index contributed by atoms with van der Waals surface area (Å²) in [6.07, 6.45) is 5.04. The second-order valence-corrected chi connectivity index (χ2v) is 2.43. The second-order valence-electron chi connectivity index (χ2n) is 2.43. The zero-order chi connectivity index (χ0) is 10.4. The van der Waals surface area contributed by atoms with Gasteiger partial charge in [-0.15, -0.1) is 4.80 Å². The minimum Gasteiger partial charge on any atom is -0.259 e. The molecule has 0 aromatic carbocycles. The first kappa shape index (κ1) is 10.4. The molecule has 0 atom stereocenters. The molecule has 74 valence electrons. The van der Waals surface area contributed by atoms with Gasteiger partial charge in [0.15, 0.2) is 0 Å². The number of nitrogens with zero attached hydrogens (tertiary/aromatic N) is 4. The molecule has 0 aliphatic rings. The predicted octanol–water partition coefficient (Wildman–Crippen LogP) is 2.00. The Kier molecular flexibility index (Phi) is 3.79. The van der Waals surface area contributed by atoms with Crippen LogP contribution in [-0.4, -0.2) is 20.0 Å². The van der Waals surface area contributed by atoms with E-state index < -0.39 is 0 Å². The first-order valence-electron chi connectivity index (χ1n) is 4.66. The van der Waals surface area contributed by atoms with Gasteiger partial charge in [-0.2, -0.15) is 10.2 Å². The van der Waals surface area contributed by atoms with Crippen molar-refractivity contribution in [3.05, 3.63) is 36.4 Å². The summed E-state index contributed by atoms with van der Waals surface area (Å²) < 4.78 is 0. The largest absolute Gasteiger partial charge is 0.259 e. The van der Waals surface area contributed by atoms with Crippen LogP contribution in [0.2, 0.25) is 0 Å². The third kappa shape index (κ3) is 2.16. The van der Waals surface area contributed by atoms with Crippen LogP contribution in [0.25, 0.3) is 5.69 Å². The van der Waals surface area contributed by atoms with Crippen molar-refractivity contribution in [2.24, 2.45) is 0 Å². The first-order chi connectivity index (χ1) is 6.88. The summed E-state index contributed by atoms with van der Waals surface area (Å²) in [5, 5.41) is 8.03. The Bertz CT molecular complexity index is 367. The highest BCUT2D eigenvalue weighted by atomic mass is 15.5. The van der Waals surface area contributed by atoms with E-state index in [0.29, 0.717) is 0 Å². The Balaban J connectivity index is 0.000000461. The number of hydrogen-bond donors (Lipinski definition) is 0. The van der Waals surface area contributed by atoms with Gasteiger partial charge in [-0.3, -0.25) is 4.98 Å². The smallest absolute Gasteiger partial charge is 0.107 e. The third-order valence-corrected chi connectivity index (χ3v) is 1.61. The fourth-order valence-corrected chi connectivity index (χ4v) is 1.03. The van der Waals surface area contributed by atoms with Crippen LogP contribution in [0.5, 0.6) is 0 Å². The lowest BCUT2D eigenvalue weighted by Crippen LogP contribution is -2.01. The monoisotopic (exact) mass is 190 g/mol. The second kappa shape index (κ2) is 5.11. The maximum atomic E-state index is 4.13. The molecule has 4 heteroatoms. The zero-order valence-corrected chi connectivity index (χ0v) is 8.68. The molecule has 2 heterocycles. The van der Waals surface area contributed by atoms with Crippen molar-refractivity contribution in [3.63, 3.8) is 0 Å². The highest BCUT2D eigenvalue weighted by Gasteiger charge is 2.00. The van der Waals surface area contributed by atoms with Gasteiger partial charge >= 0.3 is 0 Å². The lowest BCUT2D eigenvalue weighted by Gasteiger charge is -2.00. The molecule has 0 amide bonds. The SMILES string of the molecule is CC.Cc1ncccc1-n1nccn1. The lowest BCUT2D eigenvalue weighted by molar-refractivity contribution is 0.741. The van der Waals surface area contributed by atoms with E-state index in [4.69, 9.17) is 0 Å². The Hall–Kier alpha value is -1.71. The van der Waals surface area contributed by atoms with Gasteiger partial charge in [0.2, 0.25) is 0 Å². The van der Waals surface area contributed by atoms with Gasteiger partial charge < -0.3 is 0 Å². The van der Waals surface area contributed by atoms with E-state index in [2.05, 4.69) is 15.2 Å². The molecule has 0 saturated heterocycles. The van der Waals surface area contributed by atoms with Crippen molar-refractivity contribution in [1.29, 1.82) is 0 Å². The van der Waals surface area contributed by atoms with E-state index in [-0.39, 0.29) is 0 Å². The van der Waals surface area contributed by atoms with E-state index in [1.165, 1.54) is 0 Å². The molecule has 0 aliphatic heterocycles. The van der Waals surface area contributed by atoms with Gasteiger partial charge in [-0.1, -0.05) is 13.8 Å². The van der Waals surface area contributed by atoms with Crippen molar-refractivity contribution in [2.75, 3.05) is 0 Å². The number of aryl methyl sites for hydroxylation is 1. The molecule has 2 aromatic heterocycles. The molecule has 2 aromatic rings. The number of hydrogen-bond acceptors (Lipinski definition) is 3. The summed E-state index contributed by atoms with van der Waals surface area (Å²) in [7, 11) is 0. The molecule has 0 fully saturated rings. The van der Waals surface area contributed by atoms with E-state index in [1.54, 1.807) is 23.4 Å². The van der Waals surface area contributed by atoms with E-state index in [1.807, 2.05) is 32.9 Å². The summed E-state index contributed by atoms with van der Waals surface area (Å²) in [6, 6.07) is 3.80. The molecule has 0 radical (unpaired) electrons. The van der Waals surface area contributed by atoms with E-state index >= 15 is 0 Å². The van der Waals surface area contributed by atoms with Crippen LogP contribution in [-0.2, 0) is 0 Å². The average Bonchev–Trinajstić information content (AvgIpc) is 2.75. The minimum atomic E-state index is 0.919. The summed E-state index contributed by atoms with van der Waals surface area (Å²) >= 11 is 0. The van der Waals surface area contributed by atoms with Gasteiger partial charge in [0, 0.05) is 6.20 Å². The van der Waals surface area contributed by atoms with Gasteiger partial charge in [-0.25, -0.2) is 0 Å². The maximum absolute atomic E-state index is 4.13. The standard InChI is InChI=1S/C8H8N4.C2H6/c1-7-8(3-2-4-9-7)12-10-5-6-11-12;1-2/h2-6H,1H3;1-2H3. The number of pyridine rings is 1. The van der Waals surface area contributed by atoms with Crippen LogP contribution in [0.1, 0.15) is 19.5 Å². The van der Waals surface area contributed by atoms with Crippen LogP contribution >= 0.6 is 0 Å². The van der Waals surface area contributed by atoms with Gasteiger partial charge in [0.1, 0.15) is 5.69 Å². The molecule has 0 saturated carbocycles. The van der Waals surface area contributed by atoms with Crippen LogP contribution < -0.4 is 0 Å². The maximum Gasteiger partial charge on any atom is 0.107 e. The van der Waals surface area contributed by atoms with Crippen LogP contribution in [0.15, 0.2) is 30.7 Å². The Morgan fingerprint density at radius 3 is 2.29 bits per heavy atom. The highest BCUT2D eigenvalue weighted by Crippen LogP contribution is 2.06. The van der Waals surface area contributed by atoms with Crippen molar-refractivity contribution < 1.29 is 0 Å². The predicted molar refractivity (Wildman–Crippen MR) is 55.2 cm³/mol. The van der Waals surface area contributed by atoms with E-state index in [0.717, 1.165) is 11.4 Å². The van der Waals surface area contributed by atoms with Gasteiger partial charge in [-0.05, 0) is 19.1 Å². The van der Waals surface area contributed by atoms with Crippen LogP contribution in [0, 0.1) is 6.92 Å². The third-order valence-electron chi connectivity index (χ3n) is 1.61. The molecule has 2 rings (SSSR count). The lowest BCUT2D eigenvalue weighted by atomic mass is 10.3. The number of rotatable bonds is 1. The summed E-state index contributed by atoms with van der Waals surface area (Å²) in [6.45, 7) is 5.93. The molecular formula is C10H14N4. The molecule has 0 aliphatic carbocycles. The van der Waals surface area contributed by atoms with Crippen LogP contribution in [0.4, 0.5) is 0 Å². The molecule has 0 N–H and O–H groups in total. The zero-order valence-electron chi connectivity index (χ0n) is 8.68. The average molecular weight is 190 g/mol. The highest BCUT2D eigenvalue weighted by molar-refractivity contribution is 5.32. The van der Waals surface area contributed by atoms with Crippen molar-refractivity contribution in [2.45, 2.75) is 20.8 Å². The quantitative estimate of drug-likeness (QED) is 0.690. The van der Waals surface area contributed by atoms with Crippen molar-refractivity contribution in [1.82, 2.24) is 20.0 Å². The minimum absolute atomic E-state index is 0.919. The Morgan fingerprint density at radius 2 is 1.71 bits per heavy atom. The topological polar surface area (TPSA) is 43.6 Å². The molecule has 0 bridgehead atoms. The number of aromatic nitrogens is 4. The van der Waals surface area contributed by atoms with Crippen LogP contribution in [0.3, 0.4) is 0 Å². The van der Waals surface area contributed by atoms with Gasteiger partial charge in [0.05, 0.1) is 18.1 Å². The molecular weight excluding hydrogens is 176 g/mol.